The van der Waals surface area contributed by atoms with E-state index in [-0.39, 0.29) is 29.4 Å². The monoisotopic (exact) mass is 550 g/mol. The Hall–Kier alpha value is -0.960. The summed E-state index contributed by atoms with van der Waals surface area (Å²) in [5.41, 5.74) is 2.24. The van der Waals surface area contributed by atoms with Crippen LogP contribution in [-0.2, 0) is 23.7 Å². The van der Waals surface area contributed by atoms with E-state index in [9.17, 15) is 0 Å². The number of halogens is 3. The maximum atomic E-state index is 6.58. The number of nitrogens with one attached hydrogen (secondary N) is 1. The fourth-order valence-corrected chi connectivity index (χ4v) is 4.44. The highest BCUT2D eigenvalue weighted by molar-refractivity contribution is 14.0. The molecule has 1 aromatic carbocycles. The van der Waals surface area contributed by atoms with Gasteiger partial charge in [-0.15, -0.1) is 24.0 Å². The van der Waals surface area contributed by atoms with Gasteiger partial charge in [-0.05, 0) is 42.7 Å². The van der Waals surface area contributed by atoms with Crippen LogP contribution < -0.4 is 5.32 Å². The van der Waals surface area contributed by atoms with Crippen LogP contribution in [0, 0.1) is 0 Å². The molecule has 0 unspecified atom stereocenters. The molecule has 0 amide bonds. The normalized spacial score (nSPS) is 16.2. The van der Waals surface area contributed by atoms with Crippen molar-refractivity contribution in [3.8, 4) is 0 Å². The van der Waals surface area contributed by atoms with Gasteiger partial charge in [0.15, 0.2) is 5.96 Å². The summed E-state index contributed by atoms with van der Waals surface area (Å²) >= 11 is 12.7. The summed E-state index contributed by atoms with van der Waals surface area (Å²) in [5.74, 6) is 0.858. The molecule has 1 fully saturated rings. The Bertz CT molecular complexity index is 834. The predicted molar refractivity (Wildman–Crippen MR) is 132 cm³/mol. The van der Waals surface area contributed by atoms with Crippen molar-refractivity contribution in [2.45, 2.75) is 24.8 Å². The van der Waals surface area contributed by atoms with Gasteiger partial charge in [0, 0.05) is 68.3 Å². The Morgan fingerprint density at radius 1 is 1.28 bits per heavy atom. The molecule has 1 aliphatic heterocycles. The molecule has 0 spiro atoms. The highest BCUT2D eigenvalue weighted by atomic mass is 127. The quantitative estimate of drug-likeness (QED) is 0.333. The number of rotatable bonds is 5. The first-order valence-corrected chi connectivity index (χ1v) is 10.3. The van der Waals surface area contributed by atoms with Crippen molar-refractivity contribution in [2.75, 3.05) is 33.9 Å². The molecule has 29 heavy (non-hydrogen) atoms. The summed E-state index contributed by atoms with van der Waals surface area (Å²) in [6, 6.07) is 9.96. The standard InChI is InChI=1S/C21H28Cl2N4O.HI/c1-24-20(27(3)14-17-5-4-10-26(17)2)25-15-21(8-11-28-12-9-21)18-7-6-16(22)13-19(18)23;/h4-7,10,13H,8-9,11-12,14-15H2,1-3H3,(H,24,25);1H. The van der Waals surface area contributed by atoms with Crippen molar-refractivity contribution in [1.29, 1.82) is 0 Å². The number of hydrogen-bond donors (Lipinski definition) is 1. The molecule has 160 valence electrons. The fraction of sp³-hybridized carbons (Fsp3) is 0.476. The van der Waals surface area contributed by atoms with E-state index in [0.717, 1.165) is 50.7 Å². The van der Waals surface area contributed by atoms with Gasteiger partial charge in [0.2, 0.25) is 0 Å². The van der Waals surface area contributed by atoms with E-state index in [4.69, 9.17) is 27.9 Å². The molecular weight excluding hydrogens is 522 g/mol. The van der Waals surface area contributed by atoms with E-state index in [0.29, 0.717) is 10.0 Å². The molecule has 1 aromatic heterocycles. The first kappa shape index (κ1) is 24.3. The van der Waals surface area contributed by atoms with Crippen molar-refractivity contribution in [3.63, 3.8) is 0 Å². The second kappa shape index (κ2) is 10.9. The number of aryl methyl sites for hydroxylation is 1. The third-order valence-corrected chi connectivity index (χ3v) is 6.11. The van der Waals surface area contributed by atoms with Gasteiger partial charge in [0.05, 0.1) is 6.54 Å². The van der Waals surface area contributed by atoms with E-state index >= 15 is 0 Å². The number of nitrogens with zero attached hydrogens (tertiary/aromatic N) is 3. The van der Waals surface area contributed by atoms with Gasteiger partial charge in [-0.3, -0.25) is 4.99 Å². The molecule has 0 aliphatic carbocycles. The van der Waals surface area contributed by atoms with Crippen molar-refractivity contribution in [1.82, 2.24) is 14.8 Å². The van der Waals surface area contributed by atoms with Crippen LogP contribution in [0.15, 0.2) is 41.5 Å². The van der Waals surface area contributed by atoms with Gasteiger partial charge in [-0.2, -0.15) is 0 Å². The Labute approximate surface area is 200 Å². The van der Waals surface area contributed by atoms with Crippen LogP contribution in [0.1, 0.15) is 24.1 Å². The number of aliphatic imine (C=N–C) groups is 1. The Balaban J connectivity index is 0.00000300. The van der Waals surface area contributed by atoms with Gasteiger partial charge in [0.1, 0.15) is 0 Å². The Kier molecular flexibility index (Phi) is 9.13. The number of aromatic nitrogens is 1. The predicted octanol–water partition coefficient (Wildman–Crippen LogP) is 4.71. The number of ether oxygens (including phenoxy) is 1. The van der Waals surface area contributed by atoms with Crippen LogP contribution in [0.3, 0.4) is 0 Å². The largest absolute Gasteiger partial charge is 0.381 e. The molecule has 3 rings (SSSR count). The molecule has 5 nitrogen and oxygen atoms in total. The number of hydrogen-bond acceptors (Lipinski definition) is 2. The van der Waals surface area contributed by atoms with Gasteiger partial charge < -0.3 is 19.5 Å². The summed E-state index contributed by atoms with van der Waals surface area (Å²) in [6.07, 6.45) is 3.86. The minimum Gasteiger partial charge on any atom is -0.381 e. The molecule has 0 radical (unpaired) electrons. The van der Waals surface area contributed by atoms with Crippen LogP contribution in [-0.4, -0.2) is 49.3 Å². The molecule has 2 aromatic rings. The minimum absolute atomic E-state index is 0. The minimum atomic E-state index is -0.109. The zero-order chi connectivity index (χ0) is 20.1. The Morgan fingerprint density at radius 2 is 2.00 bits per heavy atom. The first-order chi connectivity index (χ1) is 13.4. The lowest BCUT2D eigenvalue weighted by Crippen LogP contribution is -2.48. The van der Waals surface area contributed by atoms with Crippen LogP contribution in [0.25, 0.3) is 0 Å². The first-order valence-electron chi connectivity index (χ1n) is 9.50. The molecule has 2 heterocycles. The van der Waals surface area contributed by atoms with E-state index in [1.54, 1.807) is 0 Å². The van der Waals surface area contributed by atoms with Crippen molar-refractivity contribution in [3.05, 3.63) is 57.8 Å². The highest BCUT2D eigenvalue weighted by Gasteiger charge is 2.36. The lowest BCUT2D eigenvalue weighted by atomic mass is 9.74. The fourth-order valence-electron chi connectivity index (χ4n) is 3.83. The van der Waals surface area contributed by atoms with Crippen molar-refractivity contribution < 1.29 is 4.74 Å². The van der Waals surface area contributed by atoms with E-state index in [2.05, 4.69) is 45.2 Å². The van der Waals surface area contributed by atoms with E-state index in [1.165, 1.54) is 5.69 Å². The third-order valence-electron chi connectivity index (χ3n) is 5.56. The van der Waals surface area contributed by atoms with Gasteiger partial charge in [0.25, 0.3) is 0 Å². The number of guanidine groups is 1. The maximum Gasteiger partial charge on any atom is 0.193 e. The zero-order valence-electron chi connectivity index (χ0n) is 17.1. The summed E-state index contributed by atoms with van der Waals surface area (Å²) < 4.78 is 7.76. The lowest BCUT2D eigenvalue weighted by molar-refractivity contribution is 0.0512. The van der Waals surface area contributed by atoms with Crippen LogP contribution in [0.2, 0.25) is 10.0 Å². The zero-order valence-corrected chi connectivity index (χ0v) is 21.0. The SMILES string of the molecule is CN=C(NCC1(c2ccc(Cl)cc2Cl)CCOCC1)N(C)Cc1cccn1C.I. The molecule has 0 atom stereocenters. The van der Waals surface area contributed by atoms with Crippen molar-refractivity contribution in [2.24, 2.45) is 12.0 Å². The van der Waals surface area contributed by atoms with Crippen molar-refractivity contribution >= 4 is 53.1 Å². The summed E-state index contributed by atoms with van der Waals surface area (Å²) in [7, 11) is 5.92. The maximum absolute atomic E-state index is 6.58. The lowest BCUT2D eigenvalue weighted by Gasteiger charge is -2.39. The molecule has 1 aliphatic rings. The van der Waals surface area contributed by atoms with E-state index in [1.807, 2.05) is 32.3 Å². The average molecular weight is 551 g/mol. The highest BCUT2D eigenvalue weighted by Crippen LogP contribution is 2.39. The smallest absolute Gasteiger partial charge is 0.193 e. The number of benzene rings is 1. The molecule has 8 heteroatoms. The summed E-state index contributed by atoms with van der Waals surface area (Å²) in [5, 5.41) is 4.94. The molecular formula is C21H29Cl2IN4O. The van der Waals surface area contributed by atoms with Crippen LogP contribution in [0.4, 0.5) is 0 Å². The molecule has 0 saturated carbocycles. The summed E-state index contributed by atoms with van der Waals surface area (Å²) in [6.45, 7) is 2.96. The second-order valence-corrected chi connectivity index (χ2v) is 8.23. The molecule has 1 N–H and O–H groups in total. The van der Waals surface area contributed by atoms with Gasteiger partial charge >= 0.3 is 0 Å². The third kappa shape index (κ3) is 5.81. The van der Waals surface area contributed by atoms with Gasteiger partial charge in [-0.25, -0.2) is 0 Å². The molecule has 1 saturated heterocycles. The second-order valence-electron chi connectivity index (χ2n) is 7.38. The summed E-state index contributed by atoms with van der Waals surface area (Å²) in [4.78, 5) is 6.61. The van der Waals surface area contributed by atoms with E-state index < -0.39 is 0 Å². The average Bonchev–Trinajstić information content (AvgIpc) is 3.07. The van der Waals surface area contributed by atoms with Crippen LogP contribution in [0.5, 0.6) is 0 Å². The Morgan fingerprint density at radius 3 is 2.59 bits per heavy atom. The topological polar surface area (TPSA) is 41.8 Å². The van der Waals surface area contributed by atoms with Gasteiger partial charge in [-0.1, -0.05) is 29.3 Å². The van der Waals surface area contributed by atoms with Crippen LogP contribution >= 0.6 is 47.2 Å². The molecule has 0 bridgehead atoms.